The van der Waals surface area contributed by atoms with Crippen molar-refractivity contribution in [2.45, 2.75) is 32.9 Å². The molecular formula is C15H25N3. The van der Waals surface area contributed by atoms with Crippen molar-refractivity contribution >= 4 is 5.69 Å². The second-order valence-electron chi connectivity index (χ2n) is 5.57. The Kier molecular flexibility index (Phi) is 4.25. The van der Waals surface area contributed by atoms with Crippen LogP contribution in [0.2, 0.25) is 0 Å². The number of rotatable bonds is 2. The SMILES string of the molecule is Cc1c(N)cccc1CN1CCCN(C)CC1C. The first-order chi connectivity index (χ1) is 8.58. The van der Waals surface area contributed by atoms with Gasteiger partial charge in [-0.1, -0.05) is 12.1 Å². The highest BCUT2D eigenvalue weighted by molar-refractivity contribution is 5.49. The van der Waals surface area contributed by atoms with E-state index in [0.29, 0.717) is 6.04 Å². The molecule has 2 rings (SSSR count). The molecule has 0 aromatic heterocycles. The van der Waals surface area contributed by atoms with Crippen LogP contribution in [0.25, 0.3) is 0 Å². The molecule has 0 bridgehead atoms. The summed E-state index contributed by atoms with van der Waals surface area (Å²) in [5.41, 5.74) is 9.50. The summed E-state index contributed by atoms with van der Waals surface area (Å²) in [6, 6.07) is 6.86. The third-order valence-electron chi connectivity index (χ3n) is 4.05. The van der Waals surface area contributed by atoms with Crippen molar-refractivity contribution in [2.75, 3.05) is 32.4 Å². The Morgan fingerprint density at radius 3 is 2.89 bits per heavy atom. The Balaban J connectivity index is 2.10. The Labute approximate surface area is 111 Å². The largest absolute Gasteiger partial charge is 0.399 e. The maximum absolute atomic E-state index is 5.99. The quantitative estimate of drug-likeness (QED) is 0.812. The van der Waals surface area contributed by atoms with Crippen LogP contribution in [-0.4, -0.2) is 42.5 Å². The molecule has 3 heteroatoms. The van der Waals surface area contributed by atoms with Gasteiger partial charge in [0.25, 0.3) is 0 Å². The highest BCUT2D eigenvalue weighted by Gasteiger charge is 2.20. The van der Waals surface area contributed by atoms with Crippen LogP contribution < -0.4 is 5.73 Å². The zero-order valence-corrected chi connectivity index (χ0v) is 11.8. The molecule has 100 valence electrons. The molecule has 0 radical (unpaired) electrons. The first-order valence-electron chi connectivity index (χ1n) is 6.84. The summed E-state index contributed by atoms with van der Waals surface area (Å²) in [6.45, 7) is 9.01. The van der Waals surface area contributed by atoms with Gasteiger partial charge in [-0.15, -0.1) is 0 Å². The predicted molar refractivity (Wildman–Crippen MR) is 77.6 cm³/mol. The van der Waals surface area contributed by atoms with Crippen molar-refractivity contribution in [2.24, 2.45) is 0 Å². The molecule has 1 fully saturated rings. The molecule has 18 heavy (non-hydrogen) atoms. The van der Waals surface area contributed by atoms with E-state index in [0.717, 1.165) is 18.8 Å². The molecular weight excluding hydrogens is 222 g/mol. The molecule has 1 aliphatic rings. The van der Waals surface area contributed by atoms with Crippen molar-refractivity contribution in [1.29, 1.82) is 0 Å². The lowest BCUT2D eigenvalue weighted by Gasteiger charge is -2.28. The summed E-state index contributed by atoms with van der Waals surface area (Å²) in [7, 11) is 2.21. The third-order valence-corrected chi connectivity index (χ3v) is 4.05. The predicted octanol–water partition coefficient (Wildman–Crippen LogP) is 2.10. The molecule has 0 spiro atoms. The first-order valence-corrected chi connectivity index (χ1v) is 6.84. The fourth-order valence-electron chi connectivity index (χ4n) is 2.75. The summed E-state index contributed by atoms with van der Waals surface area (Å²) in [6.07, 6.45) is 1.25. The summed E-state index contributed by atoms with van der Waals surface area (Å²) in [4.78, 5) is 5.00. The maximum atomic E-state index is 5.99. The highest BCUT2D eigenvalue weighted by atomic mass is 15.2. The molecule has 1 aromatic rings. The molecule has 2 N–H and O–H groups in total. The van der Waals surface area contributed by atoms with Crippen molar-refractivity contribution in [3.05, 3.63) is 29.3 Å². The van der Waals surface area contributed by atoms with Crippen molar-refractivity contribution in [3.8, 4) is 0 Å². The third kappa shape index (κ3) is 3.03. The minimum Gasteiger partial charge on any atom is -0.399 e. The smallest absolute Gasteiger partial charge is 0.0346 e. The van der Waals surface area contributed by atoms with Crippen LogP contribution >= 0.6 is 0 Å². The Morgan fingerprint density at radius 2 is 2.11 bits per heavy atom. The Bertz CT molecular complexity index is 403. The van der Waals surface area contributed by atoms with Crippen molar-refractivity contribution in [3.63, 3.8) is 0 Å². The minimum atomic E-state index is 0.610. The number of hydrogen-bond donors (Lipinski definition) is 1. The lowest BCUT2D eigenvalue weighted by molar-refractivity contribution is 0.194. The van der Waals surface area contributed by atoms with E-state index in [2.05, 4.69) is 42.8 Å². The molecule has 0 amide bonds. The number of likely N-dealkylation sites (N-methyl/N-ethyl adjacent to an activating group) is 1. The van der Waals surface area contributed by atoms with Crippen LogP contribution in [0, 0.1) is 6.92 Å². The van der Waals surface area contributed by atoms with E-state index >= 15 is 0 Å². The lowest BCUT2D eigenvalue weighted by Crippen LogP contribution is -2.37. The maximum Gasteiger partial charge on any atom is 0.0346 e. The van der Waals surface area contributed by atoms with Gasteiger partial charge in [0.15, 0.2) is 0 Å². The van der Waals surface area contributed by atoms with Gasteiger partial charge in [0.1, 0.15) is 0 Å². The zero-order chi connectivity index (χ0) is 13.1. The van der Waals surface area contributed by atoms with Gasteiger partial charge < -0.3 is 10.6 Å². The van der Waals surface area contributed by atoms with Gasteiger partial charge in [0, 0.05) is 31.4 Å². The van der Waals surface area contributed by atoms with E-state index in [1.54, 1.807) is 0 Å². The van der Waals surface area contributed by atoms with E-state index in [-0.39, 0.29) is 0 Å². The molecule has 0 aliphatic carbocycles. The molecule has 1 unspecified atom stereocenters. The number of benzene rings is 1. The topological polar surface area (TPSA) is 32.5 Å². The van der Waals surface area contributed by atoms with Gasteiger partial charge in [-0.25, -0.2) is 0 Å². The van der Waals surface area contributed by atoms with E-state index in [1.807, 2.05) is 6.07 Å². The fourth-order valence-corrected chi connectivity index (χ4v) is 2.75. The summed E-state index contributed by atoms with van der Waals surface area (Å²) in [5.74, 6) is 0. The van der Waals surface area contributed by atoms with Gasteiger partial charge in [-0.3, -0.25) is 4.90 Å². The van der Waals surface area contributed by atoms with E-state index < -0.39 is 0 Å². The molecule has 1 aromatic carbocycles. The molecule has 1 heterocycles. The monoisotopic (exact) mass is 247 g/mol. The van der Waals surface area contributed by atoms with Gasteiger partial charge in [0.2, 0.25) is 0 Å². The molecule has 1 saturated heterocycles. The average Bonchev–Trinajstić information content (AvgIpc) is 2.47. The average molecular weight is 247 g/mol. The number of nitrogens with two attached hydrogens (primary N) is 1. The highest BCUT2D eigenvalue weighted by Crippen LogP contribution is 2.19. The standard InChI is InChI=1S/C15H25N3/c1-12-10-17(3)8-5-9-18(12)11-14-6-4-7-15(16)13(14)2/h4,6-7,12H,5,8-11,16H2,1-3H3. The number of nitrogen functional groups attached to an aromatic ring is 1. The second kappa shape index (κ2) is 5.72. The molecule has 3 nitrogen and oxygen atoms in total. The van der Waals surface area contributed by atoms with E-state index in [9.17, 15) is 0 Å². The number of nitrogens with zero attached hydrogens (tertiary/aromatic N) is 2. The second-order valence-corrected chi connectivity index (χ2v) is 5.57. The van der Waals surface area contributed by atoms with Crippen LogP contribution in [0.4, 0.5) is 5.69 Å². The van der Waals surface area contributed by atoms with Crippen LogP contribution in [0.1, 0.15) is 24.5 Å². The van der Waals surface area contributed by atoms with Crippen LogP contribution in [0.5, 0.6) is 0 Å². The van der Waals surface area contributed by atoms with Crippen LogP contribution in [-0.2, 0) is 6.54 Å². The lowest BCUT2D eigenvalue weighted by atomic mass is 10.1. The Morgan fingerprint density at radius 1 is 1.33 bits per heavy atom. The summed E-state index contributed by atoms with van der Waals surface area (Å²) >= 11 is 0. The first kappa shape index (κ1) is 13.4. The van der Waals surface area contributed by atoms with Gasteiger partial charge in [-0.05, 0) is 51.1 Å². The minimum absolute atomic E-state index is 0.610. The normalized spacial score (nSPS) is 22.9. The summed E-state index contributed by atoms with van der Waals surface area (Å²) < 4.78 is 0. The van der Waals surface area contributed by atoms with Gasteiger partial charge >= 0.3 is 0 Å². The van der Waals surface area contributed by atoms with E-state index in [4.69, 9.17) is 5.73 Å². The molecule has 1 atom stereocenters. The van der Waals surface area contributed by atoms with Gasteiger partial charge in [0.05, 0.1) is 0 Å². The molecule has 1 aliphatic heterocycles. The number of hydrogen-bond acceptors (Lipinski definition) is 3. The molecule has 0 saturated carbocycles. The summed E-state index contributed by atoms with van der Waals surface area (Å²) in [5, 5.41) is 0. The van der Waals surface area contributed by atoms with Gasteiger partial charge in [-0.2, -0.15) is 0 Å². The fraction of sp³-hybridized carbons (Fsp3) is 0.600. The van der Waals surface area contributed by atoms with Crippen molar-refractivity contribution < 1.29 is 0 Å². The zero-order valence-electron chi connectivity index (χ0n) is 11.8. The van der Waals surface area contributed by atoms with Crippen LogP contribution in [0.3, 0.4) is 0 Å². The van der Waals surface area contributed by atoms with Crippen LogP contribution in [0.15, 0.2) is 18.2 Å². The van der Waals surface area contributed by atoms with Crippen molar-refractivity contribution in [1.82, 2.24) is 9.80 Å². The Hall–Kier alpha value is -1.06. The number of anilines is 1. The van der Waals surface area contributed by atoms with E-state index in [1.165, 1.54) is 30.6 Å².